The number of piperidine rings is 1. The molecule has 0 saturated carbocycles. The molecule has 2 aliphatic rings. The number of nitrogens with zero attached hydrogens (tertiary/aromatic N) is 3. The van der Waals surface area contributed by atoms with Crippen molar-refractivity contribution in [1.82, 2.24) is 4.90 Å². The number of benzene rings is 2. The number of aryl methyl sites for hydroxylation is 1. The number of carbonyl (C=O) groups excluding carboxylic acids is 3. The summed E-state index contributed by atoms with van der Waals surface area (Å²) in [4.78, 5) is 44.9. The quantitative estimate of drug-likeness (QED) is 0.729. The summed E-state index contributed by atoms with van der Waals surface area (Å²) in [5.74, 6) is -0.400. The van der Waals surface area contributed by atoms with Crippen LogP contribution in [0.4, 0.5) is 17.1 Å². The van der Waals surface area contributed by atoms with E-state index < -0.39 is 0 Å². The lowest BCUT2D eigenvalue weighted by atomic mass is 9.95. The van der Waals surface area contributed by atoms with Crippen LogP contribution < -0.4 is 15.1 Å². The van der Waals surface area contributed by atoms with Crippen LogP contribution in [0.3, 0.4) is 0 Å². The zero-order chi connectivity index (χ0) is 23.5. The topological polar surface area (TPSA) is 73.0 Å². The van der Waals surface area contributed by atoms with Crippen LogP contribution in [-0.2, 0) is 9.59 Å². The van der Waals surface area contributed by atoms with Gasteiger partial charge in [0.1, 0.15) is 12.6 Å². The second-order valence-electron chi connectivity index (χ2n) is 8.67. The minimum absolute atomic E-state index is 0.0691. The van der Waals surface area contributed by atoms with Gasteiger partial charge in [-0.2, -0.15) is 0 Å². The Morgan fingerprint density at radius 3 is 2.55 bits per heavy atom. The molecule has 1 atom stereocenters. The average Bonchev–Trinajstić information content (AvgIpc) is 2.83. The van der Waals surface area contributed by atoms with Crippen molar-refractivity contribution in [2.24, 2.45) is 0 Å². The number of para-hydroxylation sites is 1. The lowest BCUT2D eigenvalue weighted by Gasteiger charge is -2.45. The third-order valence-corrected chi connectivity index (χ3v) is 6.65. The summed E-state index contributed by atoms with van der Waals surface area (Å²) in [5, 5.41) is 2.93. The van der Waals surface area contributed by atoms with E-state index in [0.29, 0.717) is 24.3 Å². The Balaban J connectivity index is 1.68. The van der Waals surface area contributed by atoms with Gasteiger partial charge in [0.2, 0.25) is 11.8 Å². The molecular weight excluding hydrogens is 416 g/mol. The van der Waals surface area contributed by atoms with E-state index in [-0.39, 0.29) is 30.3 Å². The summed E-state index contributed by atoms with van der Waals surface area (Å²) in [6.07, 6.45) is 2.79. The molecule has 0 spiro atoms. The fourth-order valence-electron chi connectivity index (χ4n) is 4.79. The Hall–Kier alpha value is -3.35. The SMILES string of the molecule is CCN(CC)C(=O)c1ccc2c(c1)N(CC(=O)Nc1ccccc1C)C(=O)[C@H]1CCCCN21. The predicted molar refractivity (Wildman–Crippen MR) is 131 cm³/mol. The largest absolute Gasteiger partial charge is 0.358 e. The number of anilines is 3. The lowest BCUT2D eigenvalue weighted by molar-refractivity contribution is -0.123. The van der Waals surface area contributed by atoms with Gasteiger partial charge in [-0.15, -0.1) is 0 Å². The third kappa shape index (κ3) is 4.45. The van der Waals surface area contributed by atoms with Gasteiger partial charge >= 0.3 is 0 Å². The van der Waals surface area contributed by atoms with E-state index in [1.165, 1.54) is 0 Å². The van der Waals surface area contributed by atoms with Gasteiger partial charge in [-0.25, -0.2) is 0 Å². The van der Waals surface area contributed by atoms with Crippen molar-refractivity contribution in [2.75, 3.05) is 41.3 Å². The van der Waals surface area contributed by atoms with E-state index in [0.717, 1.165) is 42.7 Å². The molecule has 0 aromatic heterocycles. The molecule has 0 unspecified atom stereocenters. The van der Waals surface area contributed by atoms with Gasteiger partial charge in [0.05, 0.1) is 11.4 Å². The van der Waals surface area contributed by atoms with Crippen LogP contribution in [0.25, 0.3) is 0 Å². The van der Waals surface area contributed by atoms with Gasteiger partial charge in [0.15, 0.2) is 0 Å². The van der Waals surface area contributed by atoms with Gasteiger partial charge in [-0.05, 0) is 69.9 Å². The molecule has 1 saturated heterocycles. The molecule has 0 radical (unpaired) electrons. The normalized spacial score (nSPS) is 17.3. The minimum atomic E-state index is -0.262. The maximum absolute atomic E-state index is 13.5. The van der Waals surface area contributed by atoms with Gasteiger partial charge in [0.25, 0.3) is 5.91 Å². The number of hydrogen-bond acceptors (Lipinski definition) is 4. The molecular formula is C26H32N4O3. The highest BCUT2D eigenvalue weighted by molar-refractivity contribution is 6.11. The molecule has 2 aromatic rings. The number of fused-ring (bicyclic) bond motifs is 3. The first-order chi connectivity index (χ1) is 15.9. The summed E-state index contributed by atoms with van der Waals surface area (Å²) in [7, 11) is 0. The van der Waals surface area contributed by atoms with Crippen molar-refractivity contribution in [1.29, 1.82) is 0 Å². The first-order valence-electron chi connectivity index (χ1n) is 11.8. The van der Waals surface area contributed by atoms with Gasteiger partial charge < -0.3 is 15.1 Å². The molecule has 0 bridgehead atoms. The van der Waals surface area contributed by atoms with Crippen LogP contribution in [0, 0.1) is 6.92 Å². The minimum Gasteiger partial charge on any atom is -0.358 e. The van der Waals surface area contributed by atoms with Crippen molar-refractivity contribution in [3.63, 3.8) is 0 Å². The van der Waals surface area contributed by atoms with E-state index in [9.17, 15) is 14.4 Å². The van der Waals surface area contributed by atoms with Crippen LogP contribution >= 0.6 is 0 Å². The Morgan fingerprint density at radius 1 is 1.06 bits per heavy atom. The monoisotopic (exact) mass is 448 g/mol. The van der Waals surface area contributed by atoms with Crippen molar-refractivity contribution in [3.05, 3.63) is 53.6 Å². The zero-order valence-corrected chi connectivity index (χ0v) is 19.6. The molecule has 4 rings (SSSR count). The molecule has 174 valence electrons. The molecule has 0 aliphatic carbocycles. The highest BCUT2D eigenvalue weighted by Crippen LogP contribution is 2.40. The average molecular weight is 449 g/mol. The first kappa shape index (κ1) is 22.8. The summed E-state index contributed by atoms with van der Waals surface area (Å²) in [6.45, 7) is 7.77. The standard InChI is InChI=1S/C26H32N4O3/c1-4-28(5-2)25(32)19-13-14-21-23(16-19)30(26(33)22-12-8-9-15-29(21)22)17-24(31)27-20-11-7-6-10-18(20)3/h6-7,10-11,13-14,16,22H,4-5,8-9,12,15,17H2,1-3H3,(H,27,31)/t22-/m1/s1. The maximum Gasteiger partial charge on any atom is 0.253 e. The van der Waals surface area contributed by atoms with Crippen molar-refractivity contribution < 1.29 is 14.4 Å². The molecule has 3 amide bonds. The first-order valence-corrected chi connectivity index (χ1v) is 11.8. The Kier molecular flexibility index (Phi) is 6.67. The predicted octanol–water partition coefficient (Wildman–Crippen LogP) is 3.82. The molecule has 1 N–H and O–H groups in total. The Bertz CT molecular complexity index is 1060. The summed E-state index contributed by atoms with van der Waals surface area (Å²) in [5.41, 5.74) is 3.78. The van der Waals surface area contributed by atoms with Crippen molar-refractivity contribution in [3.8, 4) is 0 Å². The second kappa shape index (κ2) is 9.65. The zero-order valence-electron chi connectivity index (χ0n) is 19.6. The van der Waals surface area contributed by atoms with E-state index in [1.54, 1.807) is 15.9 Å². The smallest absolute Gasteiger partial charge is 0.253 e. The molecule has 33 heavy (non-hydrogen) atoms. The fraction of sp³-hybridized carbons (Fsp3) is 0.423. The van der Waals surface area contributed by atoms with Gasteiger partial charge in [-0.3, -0.25) is 19.3 Å². The Labute approximate surface area is 195 Å². The molecule has 7 nitrogen and oxygen atoms in total. The number of carbonyl (C=O) groups is 3. The molecule has 2 aliphatic heterocycles. The van der Waals surface area contributed by atoms with Crippen LogP contribution in [0.2, 0.25) is 0 Å². The molecule has 2 aromatic carbocycles. The number of amides is 3. The van der Waals surface area contributed by atoms with Gasteiger partial charge in [-0.1, -0.05) is 18.2 Å². The highest BCUT2D eigenvalue weighted by atomic mass is 16.2. The Morgan fingerprint density at radius 2 is 1.82 bits per heavy atom. The number of rotatable bonds is 6. The van der Waals surface area contributed by atoms with Crippen molar-refractivity contribution in [2.45, 2.75) is 46.1 Å². The van der Waals surface area contributed by atoms with E-state index in [2.05, 4.69) is 10.2 Å². The maximum atomic E-state index is 13.5. The number of nitrogens with one attached hydrogen (secondary N) is 1. The molecule has 1 fully saturated rings. The van der Waals surface area contributed by atoms with Crippen LogP contribution in [-0.4, -0.2) is 54.8 Å². The van der Waals surface area contributed by atoms with Crippen LogP contribution in [0.15, 0.2) is 42.5 Å². The van der Waals surface area contributed by atoms with E-state index in [1.807, 2.05) is 57.2 Å². The van der Waals surface area contributed by atoms with Crippen LogP contribution in [0.1, 0.15) is 49.0 Å². The van der Waals surface area contributed by atoms with E-state index in [4.69, 9.17) is 0 Å². The van der Waals surface area contributed by atoms with Gasteiger partial charge in [0, 0.05) is 30.9 Å². The summed E-state index contributed by atoms with van der Waals surface area (Å²) < 4.78 is 0. The summed E-state index contributed by atoms with van der Waals surface area (Å²) >= 11 is 0. The lowest BCUT2D eigenvalue weighted by Crippen LogP contribution is -2.56. The fourth-order valence-corrected chi connectivity index (χ4v) is 4.79. The van der Waals surface area contributed by atoms with E-state index >= 15 is 0 Å². The molecule has 2 heterocycles. The molecule has 7 heteroatoms. The highest BCUT2D eigenvalue weighted by Gasteiger charge is 2.40. The third-order valence-electron chi connectivity index (χ3n) is 6.65. The summed E-state index contributed by atoms with van der Waals surface area (Å²) in [6, 6.07) is 12.9. The van der Waals surface area contributed by atoms with Crippen molar-refractivity contribution >= 4 is 34.8 Å². The van der Waals surface area contributed by atoms with Crippen LogP contribution in [0.5, 0.6) is 0 Å². The second-order valence-corrected chi connectivity index (χ2v) is 8.67. The number of hydrogen-bond donors (Lipinski definition) is 1.